The van der Waals surface area contributed by atoms with Crippen LogP contribution >= 0.6 is 0 Å². The molecule has 6 heteroatoms. The van der Waals surface area contributed by atoms with Crippen LogP contribution in [0.2, 0.25) is 0 Å². The van der Waals surface area contributed by atoms with Crippen LogP contribution in [0.15, 0.2) is 17.2 Å². The van der Waals surface area contributed by atoms with Crippen molar-refractivity contribution in [1.82, 2.24) is 0 Å². The summed E-state index contributed by atoms with van der Waals surface area (Å²) in [5.74, 6) is -0.145. The molecule has 90 valence electrons. The van der Waals surface area contributed by atoms with Gasteiger partial charge in [0.25, 0.3) is 0 Å². The number of hydrogen-bond donors (Lipinski definition) is 2. The van der Waals surface area contributed by atoms with Crippen LogP contribution < -0.4 is 15.5 Å². The average Bonchev–Trinajstić information content (AvgIpc) is 2.23. The van der Waals surface area contributed by atoms with E-state index in [1.807, 2.05) is 0 Å². The summed E-state index contributed by atoms with van der Waals surface area (Å²) in [6.07, 6.45) is 0. The van der Waals surface area contributed by atoms with Crippen LogP contribution in [0, 0.1) is 11.2 Å². The van der Waals surface area contributed by atoms with Crippen LogP contribution in [0.25, 0.3) is 0 Å². The molecule has 0 saturated heterocycles. The molecule has 3 N–H and O–H groups in total. The lowest BCUT2D eigenvalue weighted by Gasteiger charge is -2.38. The maximum Gasteiger partial charge on any atom is 0.166 e. The van der Waals surface area contributed by atoms with Crippen molar-refractivity contribution in [3.8, 4) is 5.75 Å². The highest BCUT2D eigenvalue weighted by Gasteiger charge is 2.38. The topological polar surface area (TPSA) is 74.7 Å². The van der Waals surface area contributed by atoms with E-state index in [-0.39, 0.29) is 11.5 Å². The standard InChI is InChI=1S/C11H13FN4O/c1-11(2)10(14)16(15-3)8-5-7(13)6(12)4-9(8)17-11/h4-5,14H,3,13H2,1-2H3. The molecule has 0 unspecified atom stereocenters. The zero-order valence-corrected chi connectivity index (χ0v) is 9.62. The number of ether oxygens (including phenoxy) is 1. The molecular weight excluding hydrogens is 223 g/mol. The fraction of sp³-hybridized carbons (Fsp3) is 0.273. The number of amidine groups is 1. The van der Waals surface area contributed by atoms with Gasteiger partial charge >= 0.3 is 0 Å². The number of halogens is 1. The predicted molar refractivity (Wildman–Crippen MR) is 65.3 cm³/mol. The summed E-state index contributed by atoms with van der Waals surface area (Å²) in [5.41, 5.74) is 4.99. The van der Waals surface area contributed by atoms with Crippen molar-refractivity contribution in [3.63, 3.8) is 0 Å². The van der Waals surface area contributed by atoms with Gasteiger partial charge in [-0.15, -0.1) is 0 Å². The second-order valence-corrected chi connectivity index (χ2v) is 4.26. The van der Waals surface area contributed by atoms with E-state index in [9.17, 15) is 4.39 Å². The number of hydrazone groups is 1. The van der Waals surface area contributed by atoms with Crippen LogP contribution in [0.4, 0.5) is 15.8 Å². The Balaban J connectivity index is 2.64. The number of nitrogens with one attached hydrogen (secondary N) is 1. The highest BCUT2D eigenvalue weighted by Crippen LogP contribution is 2.40. The molecule has 0 saturated carbocycles. The molecule has 0 aliphatic carbocycles. The van der Waals surface area contributed by atoms with Gasteiger partial charge in [0.2, 0.25) is 0 Å². The second-order valence-electron chi connectivity index (χ2n) is 4.26. The number of nitrogens with two attached hydrogens (primary N) is 1. The number of benzene rings is 1. The third-order valence-corrected chi connectivity index (χ3v) is 2.60. The average molecular weight is 236 g/mol. The van der Waals surface area contributed by atoms with E-state index < -0.39 is 11.4 Å². The molecule has 0 fully saturated rings. The highest BCUT2D eigenvalue weighted by molar-refractivity contribution is 6.04. The van der Waals surface area contributed by atoms with Gasteiger partial charge in [-0.25, -0.2) is 9.40 Å². The molecule has 1 aromatic carbocycles. The van der Waals surface area contributed by atoms with Crippen molar-refractivity contribution in [2.75, 3.05) is 10.7 Å². The van der Waals surface area contributed by atoms with Gasteiger partial charge in [-0.3, -0.25) is 5.41 Å². The normalized spacial score (nSPS) is 17.4. The van der Waals surface area contributed by atoms with Gasteiger partial charge in [0.15, 0.2) is 11.4 Å². The first-order chi connectivity index (χ1) is 7.86. The summed E-state index contributed by atoms with van der Waals surface area (Å²) < 4.78 is 18.9. The van der Waals surface area contributed by atoms with Gasteiger partial charge in [-0.2, -0.15) is 5.10 Å². The minimum atomic E-state index is -0.892. The monoisotopic (exact) mass is 236 g/mol. The van der Waals surface area contributed by atoms with Crippen molar-refractivity contribution in [2.45, 2.75) is 19.4 Å². The molecule has 0 aromatic heterocycles. The zero-order chi connectivity index (χ0) is 12.8. The first-order valence-electron chi connectivity index (χ1n) is 5.00. The first-order valence-corrected chi connectivity index (χ1v) is 5.00. The molecule has 0 atom stereocenters. The Hall–Kier alpha value is -2.11. The van der Waals surface area contributed by atoms with Crippen LogP contribution in [0.3, 0.4) is 0 Å². The first kappa shape index (κ1) is 11.4. The van der Waals surface area contributed by atoms with E-state index in [4.69, 9.17) is 15.9 Å². The summed E-state index contributed by atoms with van der Waals surface area (Å²) in [7, 11) is 0. The summed E-state index contributed by atoms with van der Waals surface area (Å²) in [6.45, 7) is 6.79. The molecule has 2 rings (SSSR count). The summed E-state index contributed by atoms with van der Waals surface area (Å²) in [5, 5.41) is 13.0. The third kappa shape index (κ3) is 1.61. The Bertz CT molecular complexity index is 512. The van der Waals surface area contributed by atoms with Crippen molar-refractivity contribution in [2.24, 2.45) is 5.10 Å². The minimum Gasteiger partial charge on any atom is -0.478 e. The van der Waals surface area contributed by atoms with E-state index in [0.29, 0.717) is 11.4 Å². The van der Waals surface area contributed by atoms with Crippen molar-refractivity contribution in [1.29, 1.82) is 5.41 Å². The Morgan fingerprint density at radius 2 is 2.18 bits per heavy atom. The van der Waals surface area contributed by atoms with Gasteiger partial charge in [-0.1, -0.05) is 0 Å². The van der Waals surface area contributed by atoms with Gasteiger partial charge < -0.3 is 10.5 Å². The van der Waals surface area contributed by atoms with E-state index in [1.165, 1.54) is 17.1 Å². The zero-order valence-electron chi connectivity index (χ0n) is 9.62. The lowest BCUT2D eigenvalue weighted by molar-refractivity contribution is 0.172. The maximum atomic E-state index is 13.4. The number of nitrogens with zero attached hydrogens (tertiary/aromatic N) is 2. The van der Waals surface area contributed by atoms with E-state index >= 15 is 0 Å². The molecule has 0 radical (unpaired) electrons. The van der Waals surface area contributed by atoms with Crippen LogP contribution in [-0.4, -0.2) is 18.2 Å². The van der Waals surface area contributed by atoms with Crippen LogP contribution in [0.1, 0.15) is 13.8 Å². The number of hydrogen-bond acceptors (Lipinski definition) is 4. The fourth-order valence-electron chi connectivity index (χ4n) is 1.65. The van der Waals surface area contributed by atoms with Crippen molar-refractivity contribution in [3.05, 3.63) is 17.9 Å². The van der Waals surface area contributed by atoms with Gasteiger partial charge in [-0.05, 0) is 19.9 Å². The van der Waals surface area contributed by atoms with Crippen LogP contribution in [0.5, 0.6) is 5.75 Å². The van der Waals surface area contributed by atoms with Crippen molar-refractivity contribution < 1.29 is 9.13 Å². The van der Waals surface area contributed by atoms with Gasteiger partial charge in [0.05, 0.1) is 5.69 Å². The minimum absolute atomic E-state index is 0.0199. The van der Waals surface area contributed by atoms with Crippen molar-refractivity contribution >= 4 is 23.9 Å². The van der Waals surface area contributed by atoms with Crippen LogP contribution in [-0.2, 0) is 0 Å². The molecule has 0 amide bonds. The van der Waals surface area contributed by atoms with E-state index in [1.54, 1.807) is 13.8 Å². The molecule has 1 heterocycles. The fourth-order valence-corrected chi connectivity index (χ4v) is 1.65. The number of rotatable bonds is 1. The lowest BCUT2D eigenvalue weighted by atomic mass is 10.0. The molecule has 5 nitrogen and oxygen atoms in total. The summed E-state index contributed by atoms with van der Waals surface area (Å²) >= 11 is 0. The SMILES string of the molecule is C=NN1C(=N)C(C)(C)Oc2cc(F)c(N)cc21. The maximum absolute atomic E-state index is 13.4. The van der Waals surface area contributed by atoms with Gasteiger partial charge in [0, 0.05) is 12.8 Å². The second kappa shape index (κ2) is 3.44. The molecule has 0 bridgehead atoms. The molecule has 1 aliphatic heterocycles. The smallest absolute Gasteiger partial charge is 0.166 e. The molecule has 1 aromatic rings. The quantitative estimate of drug-likeness (QED) is 0.578. The lowest BCUT2D eigenvalue weighted by Crippen LogP contribution is -2.50. The Kier molecular flexibility index (Phi) is 2.30. The predicted octanol–water partition coefficient (Wildman–Crippen LogP) is 1.98. The molecule has 0 spiro atoms. The highest BCUT2D eigenvalue weighted by atomic mass is 19.1. The number of fused-ring (bicyclic) bond motifs is 1. The summed E-state index contributed by atoms with van der Waals surface area (Å²) in [6, 6.07) is 2.57. The summed E-state index contributed by atoms with van der Waals surface area (Å²) in [4.78, 5) is 0. The number of anilines is 2. The molecular formula is C11H13FN4O. The van der Waals surface area contributed by atoms with E-state index in [0.717, 1.165) is 0 Å². The van der Waals surface area contributed by atoms with E-state index in [2.05, 4.69) is 11.8 Å². The largest absolute Gasteiger partial charge is 0.478 e. The third-order valence-electron chi connectivity index (χ3n) is 2.60. The molecule has 17 heavy (non-hydrogen) atoms. The Labute approximate surface area is 98.2 Å². The molecule has 1 aliphatic rings. The van der Waals surface area contributed by atoms with Gasteiger partial charge in [0.1, 0.15) is 17.3 Å². The number of nitrogen functional groups attached to an aromatic ring is 1. The Morgan fingerprint density at radius 3 is 2.76 bits per heavy atom. The Morgan fingerprint density at radius 1 is 1.53 bits per heavy atom.